The summed E-state index contributed by atoms with van der Waals surface area (Å²) in [6.07, 6.45) is 0.546. The summed E-state index contributed by atoms with van der Waals surface area (Å²) < 4.78 is 0. The van der Waals surface area contributed by atoms with Gasteiger partial charge in [0.2, 0.25) is 5.91 Å². The summed E-state index contributed by atoms with van der Waals surface area (Å²) in [4.78, 5) is 11.4. The van der Waals surface area contributed by atoms with Crippen LogP contribution >= 0.6 is 0 Å². The molecule has 4 heteroatoms. The minimum absolute atomic E-state index is 0.0687. The van der Waals surface area contributed by atoms with Gasteiger partial charge in [0.05, 0.1) is 5.92 Å². The van der Waals surface area contributed by atoms with Gasteiger partial charge in [-0.05, 0) is 24.1 Å². The summed E-state index contributed by atoms with van der Waals surface area (Å²) in [5, 5.41) is 11.8. The zero-order chi connectivity index (χ0) is 11.3. The maximum atomic E-state index is 11.4. The van der Waals surface area contributed by atoms with E-state index in [2.05, 4.69) is 5.32 Å². The highest BCUT2D eigenvalue weighted by Crippen LogP contribution is 2.14. The Hall–Kier alpha value is -1.55. The highest BCUT2D eigenvalue weighted by atomic mass is 16.3. The molecule has 0 aliphatic carbocycles. The predicted octanol–water partition coefficient (Wildman–Crippen LogP) is 0.256. The summed E-state index contributed by atoms with van der Waals surface area (Å²) in [6.45, 7) is 0.301. The van der Waals surface area contributed by atoms with E-state index < -0.39 is 0 Å². The van der Waals surface area contributed by atoms with Gasteiger partial charge in [0.25, 0.3) is 0 Å². The summed E-state index contributed by atoms with van der Waals surface area (Å²) in [5.74, 6) is -0.0992. The van der Waals surface area contributed by atoms with Gasteiger partial charge in [-0.15, -0.1) is 0 Å². The van der Waals surface area contributed by atoms with Crippen molar-refractivity contribution in [1.82, 2.24) is 5.32 Å². The number of phenolic OH excluding ortho intramolecular Hbond substituents is 1. The summed E-state index contributed by atoms with van der Waals surface area (Å²) in [5.41, 5.74) is 6.42. The van der Waals surface area contributed by atoms with Crippen molar-refractivity contribution in [2.24, 2.45) is 11.7 Å². The zero-order valence-corrected chi connectivity index (χ0v) is 8.73. The minimum atomic E-state index is -0.239. The molecule has 0 saturated heterocycles. The van der Waals surface area contributed by atoms with E-state index in [-0.39, 0.29) is 17.6 Å². The largest absolute Gasteiger partial charge is 0.508 e. The van der Waals surface area contributed by atoms with Gasteiger partial charge in [0.1, 0.15) is 5.75 Å². The molecule has 0 saturated carbocycles. The van der Waals surface area contributed by atoms with Gasteiger partial charge in [-0.1, -0.05) is 12.1 Å². The Morgan fingerprint density at radius 3 is 2.87 bits per heavy atom. The third kappa shape index (κ3) is 3.25. The number of carbonyl (C=O) groups is 1. The zero-order valence-electron chi connectivity index (χ0n) is 8.73. The van der Waals surface area contributed by atoms with E-state index in [0.717, 1.165) is 5.56 Å². The van der Waals surface area contributed by atoms with Crippen LogP contribution in [0.3, 0.4) is 0 Å². The smallest absolute Gasteiger partial charge is 0.224 e. The van der Waals surface area contributed by atoms with Crippen LogP contribution in [0, 0.1) is 5.92 Å². The number of nitrogens with one attached hydrogen (secondary N) is 1. The van der Waals surface area contributed by atoms with Crippen molar-refractivity contribution < 1.29 is 9.90 Å². The van der Waals surface area contributed by atoms with E-state index in [0.29, 0.717) is 13.0 Å². The first-order valence-corrected chi connectivity index (χ1v) is 4.87. The van der Waals surface area contributed by atoms with Gasteiger partial charge in [-0.3, -0.25) is 4.79 Å². The molecule has 1 amide bonds. The average molecular weight is 208 g/mol. The fourth-order valence-corrected chi connectivity index (χ4v) is 1.46. The molecular formula is C11H16N2O2. The SMILES string of the molecule is CNC(=O)C(CN)Cc1cccc(O)c1. The van der Waals surface area contributed by atoms with Crippen LogP contribution < -0.4 is 11.1 Å². The molecule has 0 aliphatic rings. The summed E-state index contributed by atoms with van der Waals surface area (Å²) in [6, 6.07) is 6.86. The normalized spacial score (nSPS) is 12.1. The van der Waals surface area contributed by atoms with Crippen molar-refractivity contribution in [3.8, 4) is 5.75 Å². The van der Waals surface area contributed by atoms with E-state index in [4.69, 9.17) is 5.73 Å². The first-order valence-electron chi connectivity index (χ1n) is 4.87. The van der Waals surface area contributed by atoms with Gasteiger partial charge < -0.3 is 16.2 Å². The number of phenols is 1. The van der Waals surface area contributed by atoms with Gasteiger partial charge in [-0.25, -0.2) is 0 Å². The summed E-state index contributed by atoms with van der Waals surface area (Å²) >= 11 is 0. The van der Waals surface area contributed by atoms with Gasteiger partial charge >= 0.3 is 0 Å². The second-order valence-electron chi connectivity index (χ2n) is 3.42. The van der Waals surface area contributed by atoms with Crippen LogP contribution in [0.1, 0.15) is 5.56 Å². The molecule has 0 bridgehead atoms. The first kappa shape index (κ1) is 11.5. The lowest BCUT2D eigenvalue weighted by atomic mass is 9.98. The van der Waals surface area contributed by atoms with E-state index in [9.17, 15) is 9.90 Å². The van der Waals surface area contributed by atoms with E-state index in [1.54, 1.807) is 25.2 Å². The number of carbonyl (C=O) groups excluding carboxylic acids is 1. The Balaban J connectivity index is 2.70. The molecule has 1 atom stereocenters. The first-order chi connectivity index (χ1) is 7.17. The molecule has 15 heavy (non-hydrogen) atoms. The van der Waals surface area contributed by atoms with Crippen LogP contribution in [-0.2, 0) is 11.2 Å². The molecular weight excluding hydrogens is 192 g/mol. The van der Waals surface area contributed by atoms with Crippen LogP contribution in [0.4, 0.5) is 0 Å². The lowest BCUT2D eigenvalue weighted by Crippen LogP contribution is -2.34. The van der Waals surface area contributed by atoms with Gasteiger partial charge in [0, 0.05) is 13.6 Å². The maximum absolute atomic E-state index is 11.4. The molecule has 82 valence electrons. The number of benzene rings is 1. The lowest BCUT2D eigenvalue weighted by Gasteiger charge is -2.12. The predicted molar refractivity (Wildman–Crippen MR) is 58.4 cm³/mol. The van der Waals surface area contributed by atoms with Crippen LogP contribution in [-0.4, -0.2) is 24.6 Å². The number of hydrogen-bond acceptors (Lipinski definition) is 3. The Morgan fingerprint density at radius 2 is 2.33 bits per heavy atom. The van der Waals surface area contributed by atoms with Gasteiger partial charge in [-0.2, -0.15) is 0 Å². The highest BCUT2D eigenvalue weighted by Gasteiger charge is 2.15. The van der Waals surface area contributed by atoms with Crippen molar-refractivity contribution in [2.45, 2.75) is 6.42 Å². The van der Waals surface area contributed by atoms with E-state index >= 15 is 0 Å². The second kappa shape index (κ2) is 5.36. The lowest BCUT2D eigenvalue weighted by molar-refractivity contribution is -0.124. The third-order valence-corrected chi connectivity index (χ3v) is 2.29. The van der Waals surface area contributed by atoms with Crippen LogP contribution in [0.25, 0.3) is 0 Å². The van der Waals surface area contributed by atoms with Crippen molar-refractivity contribution >= 4 is 5.91 Å². The standard InChI is InChI=1S/C11H16N2O2/c1-13-11(15)9(7-12)5-8-3-2-4-10(14)6-8/h2-4,6,9,14H,5,7,12H2,1H3,(H,13,15). The number of aromatic hydroxyl groups is 1. The average Bonchev–Trinajstić information content (AvgIpc) is 2.25. The fraction of sp³-hybridized carbons (Fsp3) is 0.364. The van der Waals surface area contributed by atoms with Crippen LogP contribution in [0.5, 0.6) is 5.75 Å². The summed E-state index contributed by atoms with van der Waals surface area (Å²) in [7, 11) is 1.59. The molecule has 4 nitrogen and oxygen atoms in total. The molecule has 1 rings (SSSR count). The molecule has 0 spiro atoms. The molecule has 1 aromatic carbocycles. The Bertz CT molecular complexity index is 339. The van der Waals surface area contributed by atoms with Crippen LogP contribution in [0.15, 0.2) is 24.3 Å². The Labute approximate surface area is 89.1 Å². The number of nitrogens with two attached hydrogens (primary N) is 1. The monoisotopic (exact) mass is 208 g/mol. The minimum Gasteiger partial charge on any atom is -0.508 e. The molecule has 0 aliphatic heterocycles. The maximum Gasteiger partial charge on any atom is 0.224 e. The van der Waals surface area contributed by atoms with Crippen molar-refractivity contribution in [3.63, 3.8) is 0 Å². The van der Waals surface area contributed by atoms with Crippen molar-refractivity contribution in [1.29, 1.82) is 0 Å². The molecule has 1 unspecified atom stereocenters. The Kier molecular flexibility index (Phi) is 4.12. The third-order valence-electron chi connectivity index (χ3n) is 2.29. The topological polar surface area (TPSA) is 75.4 Å². The van der Waals surface area contributed by atoms with Crippen LogP contribution in [0.2, 0.25) is 0 Å². The van der Waals surface area contributed by atoms with Gasteiger partial charge in [0.15, 0.2) is 0 Å². The molecule has 1 aromatic rings. The second-order valence-corrected chi connectivity index (χ2v) is 3.42. The fourth-order valence-electron chi connectivity index (χ4n) is 1.46. The molecule has 4 N–H and O–H groups in total. The van der Waals surface area contributed by atoms with Crippen molar-refractivity contribution in [2.75, 3.05) is 13.6 Å². The van der Waals surface area contributed by atoms with Crippen molar-refractivity contribution in [3.05, 3.63) is 29.8 Å². The molecule has 0 heterocycles. The Morgan fingerprint density at radius 1 is 1.60 bits per heavy atom. The molecule has 0 fully saturated rings. The molecule has 0 aromatic heterocycles. The number of amides is 1. The quantitative estimate of drug-likeness (QED) is 0.664. The molecule has 0 radical (unpaired) electrons. The highest BCUT2D eigenvalue weighted by molar-refractivity contribution is 5.78. The van der Waals surface area contributed by atoms with E-state index in [1.165, 1.54) is 0 Å². The van der Waals surface area contributed by atoms with E-state index in [1.807, 2.05) is 6.07 Å². The number of rotatable bonds is 4. The number of hydrogen-bond donors (Lipinski definition) is 3.